The lowest BCUT2D eigenvalue weighted by Gasteiger charge is -2.11. The smallest absolute Gasteiger partial charge is 0.179 e. The van der Waals surface area contributed by atoms with Crippen molar-refractivity contribution in [1.82, 2.24) is 0 Å². The molecule has 0 atom stereocenters. The van der Waals surface area contributed by atoms with Gasteiger partial charge in [0.2, 0.25) is 0 Å². The van der Waals surface area contributed by atoms with Crippen LogP contribution < -0.4 is 9.47 Å². The molecule has 0 saturated heterocycles. The SMILES string of the molecule is CCCCOc1cc(Cl)cc(Cl)c1OC. The molecule has 1 aromatic carbocycles. The van der Waals surface area contributed by atoms with Gasteiger partial charge in [0.25, 0.3) is 0 Å². The highest BCUT2D eigenvalue weighted by Crippen LogP contribution is 2.37. The minimum atomic E-state index is 0.469. The highest BCUT2D eigenvalue weighted by molar-refractivity contribution is 6.35. The van der Waals surface area contributed by atoms with Gasteiger partial charge >= 0.3 is 0 Å². The molecule has 0 aliphatic carbocycles. The van der Waals surface area contributed by atoms with Gasteiger partial charge < -0.3 is 9.47 Å². The molecule has 0 spiro atoms. The lowest BCUT2D eigenvalue weighted by Crippen LogP contribution is -1.99. The Bertz CT molecular complexity index is 327. The lowest BCUT2D eigenvalue weighted by atomic mass is 10.3. The van der Waals surface area contributed by atoms with Crippen LogP contribution in [0, 0.1) is 0 Å². The molecule has 0 bridgehead atoms. The summed E-state index contributed by atoms with van der Waals surface area (Å²) in [6.07, 6.45) is 2.07. The van der Waals surface area contributed by atoms with Gasteiger partial charge in [0.05, 0.1) is 18.7 Å². The lowest BCUT2D eigenvalue weighted by molar-refractivity contribution is 0.288. The van der Waals surface area contributed by atoms with Crippen molar-refractivity contribution < 1.29 is 9.47 Å². The van der Waals surface area contributed by atoms with Crippen molar-refractivity contribution in [2.75, 3.05) is 13.7 Å². The van der Waals surface area contributed by atoms with Gasteiger partial charge in [-0.1, -0.05) is 36.5 Å². The third kappa shape index (κ3) is 3.47. The van der Waals surface area contributed by atoms with E-state index in [0.717, 1.165) is 12.8 Å². The van der Waals surface area contributed by atoms with Crippen LogP contribution in [-0.2, 0) is 0 Å². The second-order valence-corrected chi connectivity index (χ2v) is 3.96. The van der Waals surface area contributed by atoms with Gasteiger partial charge in [0.1, 0.15) is 0 Å². The molecule has 84 valence electrons. The van der Waals surface area contributed by atoms with E-state index in [1.54, 1.807) is 19.2 Å². The first-order chi connectivity index (χ1) is 7.19. The highest BCUT2D eigenvalue weighted by atomic mass is 35.5. The molecule has 0 radical (unpaired) electrons. The van der Waals surface area contributed by atoms with Crippen LogP contribution in [0.5, 0.6) is 11.5 Å². The van der Waals surface area contributed by atoms with E-state index in [4.69, 9.17) is 32.7 Å². The maximum atomic E-state index is 5.96. The molecule has 1 rings (SSSR count). The van der Waals surface area contributed by atoms with Crippen molar-refractivity contribution in [1.29, 1.82) is 0 Å². The molecule has 0 fully saturated rings. The minimum absolute atomic E-state index is 0.469. The number of halogens is 2. The Morgan fingerprint density at radius 1 is 1.27 bits per heavy atom. The van der Waals surface area contributed by atoms with E-state index in [-0.39, 0.29) is 0 Å². The maximum Gasteiger partial charge on any atom is 0.179 e. The van der Waals surface area contributed by atoms with Crippen molar-refractivity contribution in [3.8, 4) is 11.5 Å². The van der Waals surface area contributed by atoms with Crippen LogP contribution in [0.1, 0.15) is 19.8 Å². The summed E-state index contributed by atoms with van der Waals surface area (Å²) in [6, 6.07) is 3.34. The summed E-state index contributed by atoms with van der Waals surface area (Å²) in [4.78, 5) is 0. The minimum Gasteiger partial charge on any atom is -0.491 e. The van der Waals surface area contributed by atoms with Crippen LogP contribution in [0.2, 0.25) is 10.0 Å². The van der Waals surface area contributed by atoms with Gasteiger partial charge in [-0.25, -0.2) is 0 Å². The van der Waals surface area contributed by atoms with Crippen molar-refractivity contribution in [2.24, 2.45) is 0 Å². The van der Waals surface area contributed by atoms with Gasteiger partial charge in [-0.3, -0.25) is 0 Å². The molecular formula is C11H14Cl2O2. The fourth-order valence-corrected chi connectivity index (χ4v) is 1.72. The molecule has 0 aliphatic rings. The fourth-order valence-electron chi connectivity index (χ4n) is 1.17. The van der Waals surface area contributed by atoms with E-state index in [9.17, 15) is 0 Å². The summed E-state index contributed by atoms with van der Waals surface area (Å²) in [7, 11) is 1.56. The molecule has 15 heavy (non-hydrogen) atoms. The third-order valence-corrected chi connectivity index (χ3v) is 2.43. The summed E-state index contributed by atoms with van der Waals surface area (Å²) in [5, 5.41) is 1.02. The molecule has 2 nitrogen and oxygen atoms in total. The van der Waals surface area contributed by atoms with E-state index < -0.39 is 0 Å². The summed E-state index contributed by atoms with van der Waals surface area (Å²) in [6.45, 7) is 2.75. The Morgan fingerprint density at radius 3 is 2.60 bits per heavy atom. The molecule has 0 aromatic heterocycles. The molecular weight excluding hydrogens is 235 g/mol. The van der Waals surface area contributed by atoms with E-state index in [1.165, 1.54) is 0 Å². The Labute approximate surface area is 100 Å². The van der Waals surface area contributed by atoms with Gasteiger partial charge in [0, 0.05) is 11.1 Å². The second kappa shape index (κ2) is 6.09. The Kier molecular flexibility index (Phi) is 5.06. The van der Waals surface area contributed by atoms with Gasteiger partial charge in [-0.05, 0) is 12.5 Å². The molecule has 0 aliphatic heterocycles. The van der Waals surface area contributed by atoms with Crippen LogP contribution in [0.15, 0.2) is 12.1 Å². The van der Waals surface area contributed by atoms with Gasteiger partial charge in [-0.15, -0.1) is 0 Å². The number of ether oxygens (including phenoxy) is 2. The Hall–Kier alpha value is -0.600. The Morgan fingerprint density at radius 2 is 2.00 bits per heavy atom. The number of unbranched alkanes of at least 4 members (excludes halogenated alkanes) is 1. The molecule has 0 amide bonds. The maximum absolute atomic E-state index is 5.96. The highest BCUT2D eigenvalue weighted by Gasteiger charge is 2.10. The molecule has 0 heterocycles. The summed E-state index contributed by atoms with van der Waals surface area (Å²) < 4.78 is 10.7. The zero-order valence-electron chi connectivity index (χ0n) is 8.85. The number of methoxy groups -OCH3 is 1. The van der Waals surface area contributed by atoms with E-state index >= 15 is 0 Å². The summed E-state index contributed by atoms with van der Waals surface area (Å²) in [5.41, 5.74) is 0. The molecule has 1 aromatic rings. The average Bonchev–Trinajstić information content (AvgIpc) is 2.17. The third-order valence-electron chi connectivity index (χ3n) is 1.93. The Balaban J connectivity index is 2.84. The number of hydrogen-bond acceptors (Lipinski definition) is 2. The largest absolute Gasteiger partial charge is 0.491 e. The standard InChI is InChI=1S/C11H14Cl2O2/c1-3-4-5-15-10-7-8(12)6-9(13)11(10)14-2/h6-7H,3-5H2,1-2H3. The topological polar surface area (TPSA) is 18.5 Å². The van der Waals surface area contributed by atoms with E-state index in [2.05, 4.69) is 6.92 Å². The summed E-state index contributed by atoms with van der Waals surface area (Å²) >= 11 is 11.8. The zero-order chi connectivity index (χ0) is 11.3. The van der Waals surface area contributed by atoms with Crippen LogP contribution in [0.4, 0.5) is 0 Å². The number of rotatable bonds is 5. The van der Waals surface area contributed by atoms with Crippen LogP contribution >= 0.6 is 23.2 Å². The predicted octanol–water partition coefficient (Wildman–Crippen LogP) is 4.18. The normalized spacial score (nSPS) is 10.1. The van der Waals surface area contributed by atoms with E-state index in [0.29, 0.717) is 28.2 Å². The monoisotopic (exact) mass is 248 g/mol. The quantitative estimate of drug-likeness (QED) is 0.728. The molecule has 0 saturated carbocycles. The number of hydrogen-bond donors (Lipinski definition) is 0. The van der Waals surface area contributed by atoms with Crippen molar-refractivity contribution in [2.45, 2.75) is 19.8 Å². The zero-order valence-corrected chi connectivity index (χ0v) is 10.4. The van der Waals surface area contributed by atoms with Crippen molar-refractivity contribution in [3.05, 3.63) is 22.2 Å². The molecule has 0 N–H and O–H groups in total. The predicted molar refractivity (Wildman–Crippen MR) is 63.4 cm³/mol. The molecule has 0 unspecified atom stereocenters. The van der Waals surface area contributed by atoms with E-state index in [1.807, 2.05) is 0 Å². The molecule has 4 heteroatoms. The first-order valence-electron chi connectivity index (χ1n) is 4.84. The first kappa shape index (κ1) is 12.5. The van der Waals surface area contributed by atoms with Gasteiger partial charge in [-0.2, -0.15) is 0 Å². The van der Waals surface area contributed by atoms with Crippen LogP contribution in [0.25, 0.3) is 0 Å². The van der Waals surface area contributed by atoms with Crippen LogP contribution in [-0.4, -0.2) is 13.7 Å². The summed E-state index contributed by atoms with van der Waals surface area (Å²) in [5.74, 6) is 1.14. The van der Waals surface area contributed by atoms with Crippen molar-refractivity contribution >= 4 is 23.2 Å². The van der Waals surface area contributed by atoms with Crippen LogP contribution in [0.3, 0.4) is 0 Å². The average molecular weight is 249 g/mol. The first-order valence-corrected chi connectivity index (χ1v) is 5.60. The fraction of sp³-hybridized carbons (Fsp3) is 0.455. The van der Waals surface area contributed by atoms with Crippen molar-refractivity contribution in [3.63, 3.8) is 0 Å². The second-order valence-electron chi connectivity index (χ2n) is 3.12. The van der Waals surface area contributed by atoms with Gasteiger partial charge in [0.15, 0.2) is 11.5 Å². The number of benzene rings is 1.